The Balaban J connectivity index is 0.000000189. The molecule has 2 saturated carbocycles. The van der Waals surface area contributed by atoms with Gasteiger partial charge in [-0.05, 0) is 41.2 Å². The predicted octanol–water partition coefficient (Wildman–Crippen LogP) is 5.66. The van der Waals surface area contributed by atoms with Gasteiger partial charge in [0.2, 0.25) is 0 Å². The summed E-state index contributed by atoms with van der Waals surface area (Å²) < 4.78 is 11.4. The fraction of sp³-hybridized carbons (Fsp3) is 0.552. The van der Waals surface area contributed by atoms with Gasteiger partial charge in [0.15, 0.2) is 0 Å². The van der Waals surface area contributed by atoms with Crippen molar-refractivity contribution in [2.45, 2.75) is 59.8 Å². The molecule has 0 spiro atoms. The van der Waals surface area contributed by atoms with Crippen LogP contribution >= 0.6 is 0 Å². The van der Waals surface area contributed by atoms with Crippen molar-refractivity contribution in [2.24, 2.45) is 22.7 Å². The van der Waals surface area contributed by atoms with Gasteiger partial charge in [0.25, 0.3) is 0 Å². The molecule has 1 N–H and O–H groups in total. The molecule has 2 aromatic rings. The first kappa shape index (κ1) is 25.6. The van der Waals surface area contributed by atoms with E-state index in [1.807, 2.05) is 43.3 Å². The lowest BCUT2D eigenvalue weighted by Crippen LogP contribution is -2.29. The maximum absolute atomic E-state index is 10.7. The van der Waals surface area contributed by atoms with Gasteiger partial charge in [-0.2, -0.15) is 0 Å². The third-order valence-electron chi connectivity index (χ3n) is 7.04. The summed E-state index contributed by atoms with van der Waals surface area (Å²) in [6, 6.07) is 21.1. The van der Waals surface area contributed by atoms with E-state index in [1.54, 1.807) is 0 Å². The lowest BCUT2D eigenvalue weighted by atomic mass is 10.1. The molecule has 0 heterocycles. The summed E-state index contributed by atoms with van der Waals surface area (Å²) in [5.74, 6) is 1.16. The molecule has 4 nitrogen and oxygen atoms in total. The van der Waals surface area contributed by atoms with Crippen LogP contribution in [-0.4, -0.2) is 32.1 Å². The fourth-order valence-corrected chi connectivity index (χ4v) is 4.07. The summed E-state index contributed by atoms with van der Waals surface area (Å²) in [5, 5.41) is 3.53. The summed E-state index contributed by atoms with van der Waals surface area (Å²) in [5.41, 5.74) is 2.81. The van der Waals surface area contributed by atoms with Crippen LogP contribution in [0.4, 0.5) is 0 Å². The molecule has 0 aliphatic heterocycles. The molecule has 2 aromatic carbocycles. The highest BCUT2D eigenvalue weighted by molar-refractivity contribution is 5.63. The van der Waals surface area contributed by atoms with Gasteiger partial charge in [-0.3, -0.25) is 0 Å². The van der Waals surface area contributed by atoms with Gasteiger partial charge >= 0.3 is 0 Å². The molecule has 0 amide bonds. The van der Waals surface area contributed by atoms with Crippen molar-refractivity contribution in [1.29, 1.82) is 0 Å². The van der Waals surface area contributed by atoms with Gasteiger partial charge < -0.3 is 19.6 Å². The van der Waals surface area contributed by atoms with E-state index in [0.29, 0.717) is 30.6 Å². The molecule has 0 radical (unpaired) electrons. The van der Waals surface area contributed by atoms with Gasteiger partial charge in [-0.25, -0.2) is 0 Å². The number of benzene rings is 2. The number of hydrogen-bond donors (Lipinski definition) is 1. The zero-order chi connectivity index (χ0) is 23.7. The number of aldehydes is 1. The molecule has 4 rings (SSSR count). The number of hydrogen-bond acceptors (Lipinski definition) is 4. The monoisotopic (exact) mass is 451 g/mol. The van der Waals surface area contributed by atoms with Crippen LogP contribution in [0.25, 0.3) is 0 Å². The Hall–Kier alpha value is -2.01. The Kier molecular flexibility index (Phi) is 9.25. The number of carbonyl (C=O) groups is 1. The van der Waals surface area contributed by atoms with Crippen molar-refractivity contribution < 1.29 is 14.3 Å². The number of ether oxygens (including phenoxy) is 2. The third kappa shape index (κ3) is 8.37. The minimum absolute atomic E-state index is 0.101. The number of carbonyl (C=O) groups excluding carboxylic acids is 1. The first-order chi connectivity index (χ1) is 15.8. The van der Waals surface area contributed by atoms with E-state index in [-0.39, 0.29) is 5.41 Å². The van der Waals surface area contributed by atoms with Crippen molar-refractivity contribution in [3.8, 4) is 0 Å². The lowest BCUT2D eigenvalue weighted by molar-refractivity contribution is -0.112. The summed E-state index contributed by atoms with van der Waals surface area (Å²) >= 11 is 0. The number of rotatable bonds is 12. The molecule has 0 saturated heterocycles. The average Bonchev–Trinajstić information content (AvgIpc) is 3.69. The maximum Gasteiger partial charge on any atom is 0.126 e. The van der Waals surface area contributed by atoms with Crippen LogP contribution < -0.4 is 5.32 Å². The predicted molar refractivity (Wildman–Crippen MR) is 134 cm³/mol. The van der Waals surface area contributed by atoms with Crippen LogP contribution in [0, 0.1) is 22.7 Å². The highest BCUT2D eigenvalue weighted by Gasteiger charge is 2.50. The minimum atomic E-state index is -0.101. The third-order valence-corrected chi connectivity index (χ3v) is 7.04. The summed E-state index contributed by atoms with van der Waals surface area (Å²) in [7, 11) is 0. The van der Waals surface area contributed by atoms with Gasteiger partial charge in [0.05, 0.1) is 26.4 Å². The first-order valence-corrected chi connectivity index (χ1v) is 12.3. The lowest BCUT2D eigenvalue weighted by Gasteiger charge is -2.15. The normalized spacial score (nSPS) is 27.5. The van der Waals surface area contributed by atoms with Crippen LogP contribution in [0.5, 0.6) is 0 Å². The number of nitrogens with one attached hydrogen (secondary N) is 1. The molecule has 33 heavy (non-hydrogen) atoms. The molecule has 2 aliphatic carbocycles. The Morgan fingerprint density at radius 2 is 1.39 bits per heavy atom. The second-order valence-electron chi connectivity index (χ2n) is 10.6. The zero-order valence-electron chi connectivity index (χ0n) is 20.8. The summed E-state index contributed by atoms with van der Waals surface area (Å²) in [6.45, 7) is 12.9. The maximum atomic E-state index is 10.7. The molecule has 4 heteroatoms. The molecule has 2 aliphatic rings. The average molecular weight is 452 g/mol. The Morgan fingerprint density at radius 1 is 0.879 bits per heavy atom. The van der Waals surface area contributed by atoms with Crippen molar-refractivity contribution in [1.82, 2.24) is 5.32 Å². The largest absolute Gasteiger partial charge is 0.376 e. The highest BCUT2D eigenvalue weighted by Crippen LogP contribution is 2.52. The van der Waals surface area contributed by atoms with Crippen LogP contribution in [-0.2, 0) is 27.5 Å². The van der Waals surface area contributed by atoms with Gasteiger partial charge in [0, 0.05) is 18.0 Å². The second-order valence-corrected chi connectivity index (χ2v) is 10.6. The molecular formula is C29H41NO3. The van der Waals surface area contributed by atoms with Crippen LogP contribution in [0.2, 0.25) is 0 Å². The molecular weight excluding hydrogens is 410 g/mol. The Morgan fingerprint density at radius 3 is 1.85 bits per heavy atom. The van der Waals surface area contributed by atoms with Gasteiger partial charge in [-0.15, -0.1) is 0 Å². The second kappa shape index (κ2) is 11.9. The SMILES string of the molecule is CC(C)NC[C@@]1(C)C[C@@H]1COCc1ccccc1.C[C@]1(C=O)C[C@@H]1COCc1ccccc1. The van der Waals surface area contributed by atoms with Crippen molar-refractivity contribution in [3.63, 3.8) is 0 Å². The van der Waals surface area contributed by atoms with Gasteiger partial charge in [-0.1, -0.05) is 88.4 Å². The Labute approximate surface area is 200 Å². The zero-order valence-corrected chi connectivity index (χ0v) is 20.8. The summed E-state index contributed by atoms with van der Waals surface area (Å²) in [6.07, 6.45) is 3.33. The van der Waals surface area contributed by atoms with E-state index in [0.717, 1.165) is 38.4 Å². The van der Waals surface area contributed by atoms with E-state index >= 15 is 0 Å². The quantitative estimate of drug-likeness (QED) is 0.423. The van der Waals surface area contributed by atoms with Crippen LogP contribution in [0.3, 0.4) is 0 Å². The smallest absolute Gasteiger partial charge is 0.126 e. The van der Waals surface area contributed by atoms with E-state index < -0.39 is 0 Å². The van der Waals surface area contributed by atoms with Crippen molar-refractivity contribution >= 4 is 6.29 Å². The van der Waals surface area contributed by atoms with E-state index in [9.17, 15) is 4.79 Å². The van der Waals surface area contributed by atoms with E-state index in [1.165, 1.54) is 17.5 Å². The van der Waals surface area contributed by atoms with Crippen molar-refractivity contribution in [2.75, 3.05) is 19.8 Å². The highest BCUT2D eigenvalue weighted by atomic mass is 16.5. The van der Waals surface area contributed by atoms with Gasteiger partial charge in [0.1, 0.15) is 6.29 Å². The summed E-state index contributed by atoms with van der Waals surface area (Å²) in [4.78, 5) is 10.7. The molecule has 0 bridgehead atoms. The molecule has 0 unspecified atom stereocenters. The molecule has 4 atom stereocenters. The van der Waals surface area contributed by atoms with Crippen molar-refractivity contribution in [3.05, 3.63) is 71.8 Å². The van der Waals surface area contributed by atoms with Crippen LogP contribution in [0.15, 0.2) is 60.7 Å². The molecule has 180 valence electrons. The molecule has 2 fully saturated rings. The van der Waals surface area contributed by atoms with E-state index in [4.69, 9.17) is 9.47 Å². The standard InChI is InChI=1S/C16H25NO.C13H16O2/c1-13(2)17-12-16(3)9-15(16)11-18-10-14-7-5-4-6-8-14;1-13(10-14)7-12(13)9-15-8-11-5-3-2-4-6-11/h4-8,13,15,17H,9-12H2,1-3H3;2-6,10,12H,7-9H2,1H3/t15-,16-;12-,13-/m11/s1. The first-order valence-electron chi connectivity index (χ1n) is 12.3. The fourth-order valence-electron chi connectivity index (χ4n) is 4.07. The van der Waals surface area contributed by atoms with E-state index in [2.05, 4.69) is 50.4 Å². The van der Waals surface area contributed by atoms with Crippen LogP contribution in [0.1, 0.15) is 51.7 Å². The minimum Gasteiger partial charge on any atom is -0.376 e. The Bertz CT molecular complexity index is 840. The topological polar surface area (TPSA) is 47.6 Å². The molecule has 0 aromatic heterocycles.